The molecule has 2 rings (SSSR count). The summed E-state index contributed by atoms with van der Waals surface area (Å²) < 4.78 is 5.38. The Kier molecular flexibility index (Phi) is 9.12. The molecule has 1 fully saturated rings. The van der Waals surface area contributed by atoms with Crippen LogP contribution in [0.4, 0.5) is 0 Å². The fraction of sp³-hybridized carbons (Fsp3) is 0.591. The minimum Gasteiger partial charge on any atom is -0.480 e. The van der Waals surface area contributed by atoms with Gasteiger partial charge in [0.25, 0.3) is 0 Å². The van der Waals surface area contributed by atoms with E-state index in [2.05, 4.69) is 5.32 Å². The smallest absolute Gasteiger partial charge is 0.326 e. The highest BCUT2D eigenvalue weighted by Crippen LogP contribution is 2.19. The number of nitrogens with one attached hydrogen (secondary N) is 1. The van der Waals surface area contributed by atoms with E-state index in [9.17, 15) is 19.5 Å². The Balaban J connectivity index is 2.01. The average molecular weight is 405 g/mol. The molecule has 1 aliphatic rings. The second-order valence-corrected chi connectivity index (χ2v) is 7.51. The van der Waals surface area contributed by atoms with Crippen molar-refractivity contribution >= 4 is 17.8 Å². The molecule has 0 bridgehead atoms. The topological polar surface area (TPSA) is 95.9 Å². The predicted molar refractivity (Wildman–Crippen MR) is 109 cm³/mol. The zero-order chi connectivity index (χ0) is 21.2. The fourth-order valence-corrected chi connectivity index (χ4v) is 3.55. The number of ether oxygens (including phenoxy) is 1. The molecule has 0 aromatic heterocycles. The number of aliphatic carboxylic acids is 1. The van der Waals surface area contributed by atoms with Crippen molar-refractivity contribution in [1.82, 2.24) is 10.2 Å². The molecule has 7 heteroatoms. The van der Waals surface area contributed by atoms with Crippen LogP contribution in [-0.4, -0.2) is 59.1 Å². The Morgan fingerprint density at radius 1 is 1.28 bits per heavy atom. The second kappa shape index (κ2) is 11.6. The van der Waals surface area contributed by atoms with Gasteiger partial charge >= 0.3 is 11.9 Å². The first-order chi connectivity index (χ1) is 13.9. The summed E-state index contributed by atoms with van der Waals surface area (Å²) in [6, 6.07) is 7.74. The molecule has 1 amide bonds. The van der Waals surface area contributed by atoms with Gasteiger partial charge in [-0.05, 0) is 44.6 Å². The van der Waals surface area contributed by atoms with Crippen molar-refractivity contribution in [3.05, 3.63) is 35.9 Å². The molecule has 1 heterocycles. The summed E-state index contributed by atoms with van der Waals surface area (Å²) in [6.07, 6.45) is 4.02. The van der Waals surface area contributed by atoms with E-state index in [0.717, 1.165) is 18.4 Å². The number of rotatable bonds is 11. The van der Waals surface area contributed by atoms with Crippen LogP contribution in [0.3, 0.4) is 0 Å². The predicted octanol–water partition coefficient (Wildman–Crippen LogP) is 2.38. The van der Waals surface area contributed by atoms with Crippen molar-refractivity contribution in [1.29, 1.82) is 0 Å². The van der Waals surface area contributed by atoms with Crippen molar-refractivity contribution in [2.45, 2.75) is 70.5 Å². The summed E-state index contributed by atoms with van der Waals surface area (Å²) >= 11 is 0. The van der Waals surface area contributed by atoms with Crippen LogP contribution in [0.1, 0.15) is 51.5 Å². The number of hydrogen-bond donors (Lipinski definition) is 2. The lowest BCUT2D eigenvalue weighted by atomic mass is 10.0. The van der Waals surface area contributed by atoms with Gasteiger partial charge < -0.3 is 14.7 Å². The van der Waals surface area contributed by atoms with Gasteiger partial charge in [0, 0.05) is 6.54 Å². The van der Waals surface area contributed by atoms with E-state index in [1.54, 1.807) is 6.92 Å². The molecule has 0 spiro atoms. The molecule has 2 N–H and O–H groups in total. The first-order valence-electron chi connectivity index (χ1n) is 10.4. The molecule has 1 aromatic rings. The molecule has 0 radical (unpaired) electrons. The third-order valence-electron chi connectivity index (χ3n) is 5.23. The number of benzene rings is 1. The number of amides is 1. The van der Waals surface area contributed by atoms with E-state index in [4.69, 9.17) is 4.74 Å². The van der Waals surface area contributed by atoms with Crippen LogP contribution in [0.25, 0.3) is 0 Å². The number of likely N-dealkylation sites (tertiary alicyclic amines) is 1. The number of carboxylic acids is 1. The lowest BCUT2D eigenvalue weighted by Gasteiger charge is -2.28. The summed E-state index contributed by atoms with van der Waals surface area (Å²) in [6.45, 7) is 4.48. The van der Waals surface area contributed by atoms with Gasteiger partial charge in [0.05, 0.1) is 12.6 Å². The Hall–Kier alpha value is -2.41. The third kappa shape index (κ3) is 6.85. The van der Waals surface area contributed by atoms with Crippen molar-refractivity contribution in [2.24, 2.45) is 0 Å². The largest absolute Gasteiger partial charge is 0.480 e. The van der Waals surface area contributed by atoms with Crippen LogP contribution in [0.5, 0.6) is 0 Å². The van der Waals surface area contributed by atoms with Crippen molar-refractivity contribution < 1.29 is 24.2 Å². The Morgan fingerprint density at radius 3 is 2.66 bits per heavy atom. The number of carbonyl (C=O) groups is 3. The van der Waals surface area contributed by atoms with E-state index in [1.165, 1.54) is 4.90 Å². The number of carbonyl (C=O) groups excluding carboxylic acids is 2. The summed E-state index contributed by atoms with van der Waals surface area (Å²) in [5, 5.41) is 12.4. The monoisotopic (exact) mass is 404 g/mol. The van der Waals surface area contributed by atoms with Gasteiger partial charge in [-0.2, -0.15) is 0 Å². The van der Waals surface area contributed by atoms with Crippen LogP contribution >= 0.6 is 0 Å². The van der Waals surface area contributed by atoms with Gasteiger partial charge in [-0.1, -0.05) is 43.7 Å². The summed E-state index contributed by atoms with van der Waals surface area (Å²) in [5.74, 6) is -1.64. The summed E-state index contributed by atoms with van der Waals surface area (Å²) in [4.78, 5) is 38.2. The quantitative estimate of drug-likeness (QED) is 0.434. The highest BCUT2D eigenvalue weighted by atomic mass is 16.5. The summed E-state index contributed by atoms with van der Waals surface area (Å²) in [5.41, 5.74) is 1.10. The zero-order valence-electron chi connectivity index (χ0n) is 17.3. The molecule has 160 valence electrons. The third-order valence-corrected chi connectivity index (χ3v) is 5.23. The molecule has 1 aromatic carbocycles. The van der Waals surface area contributed by atoms with Crippen LogP contribution in [0, 0.1) is 0 Å². The van der Waals surface area contributed by atoms with E-state index in [-0.39, 0.29) is 11.9 Å². The standard InChI is InChI=1S/C22H32N2O5/c1-3-4-15-29-22(28)18(13-12-17-9-6-5-7-10-17)23-16(2)20(25)24-14-8-11-19(24)21(26)27/h5-7,9-10,16,18-19,23H,3-4,8,11-15H2,1-2H3,(H,26,27). The molecule has 3 atom stereocenters. The molecular weight excluding hydrogens is 372 g/mol. The molecule has 3 unspecified atom stereocenters. The van der Waals surface area contributed by atoms with Crippen LogP contribution in [-0.2, 0) is 25.5 Å². The van der Waals surface area contributed by atoms with E-state index < -0.39 is 24.1 Å². The molecule has 1 aliphatic heterocycles. The normalized spacial score (nSPS) is 18.3. The SMILES string of the molecule is CCCCOC(=O)C(CCc1ccccc1)NC(C)C(=O)N1CCCC1C(=O)O. The van der Waals surface area contributed by atoms with Gasteiger partial charge in [-0.15, -0.1) is 0 Å². The number of nitrogens with zero attached hydrogens (tertiary/aromatic N) is 1. The molecule has 7 nitrogen and oxygen atoms in total. The lowest BCUT2D eigenvalue weighted by molar-refractivity contribution is -0.150. The Bertz CT molecular complexity index is 679. The maximum atomic E-state index is 12.8. The maximum Gasteiger partial charge on any atom is 0.326 e. The van der Waals surface area contributed by atoms with E-state index in [0.29, 0.717) is 38.8 Å². The fourth-order valence-electron chi connectivity index (χ4n) is 3.55. The Morgan fingerprint density at radius 2 is 2.00 bits per heavy atom. The van der Waals surface area contributed by atoms with Crippen molar-refractivity contribution in [3.8, 4) is 0 Å². The van der Waals surface area contributed by atoms with Gasteiger partial charge in [-0.3, -0.25) is 14.9 Å². The van der Waals surface area contributed by atoms with E-state index >= 15 is 0 Å². The summed E-state index contributed by atoms with van der Waals surface area (Å²) in [7, 11) is 0. The van der Waals surface area contributed by atoms with Gasteiger partial charge in [0.2, 0.25) is 5.91 Å². The molecular formula is C22H32N2O5. The van der Waals surface area contributed by atoms with Crippen molar-refractivity contribution in [2.75, 3.05) is 13.2 Å². The molecule has 0 saturated carbocycles. The van der Waals surface area contributed by atoms with Gasteiger partial charge in [-0.25, -0.2) is 4.79 Å². The number of carboxylic acid groups (broad SMARTS) is 1. The Labute approximate surface area is 172 Å². The van der Waals surface area contributed by atoms with Crippen molar-refractivity contribution in [3.63, 3.8) is 0 Å². The number of esters is 1. The number of unbranched alkanes of at least 4 members (excludes halogenated alkanes) is 1. The van der Waals surface area contributed by atoms with Crippen LogP contribution < -0.4 is 5.32 Å². The first-order valence-corrected chi connectivity index (χ1v) is 10.4. The van der Waals surface area contributed by atoms with Crippen LogP contribution in [0.2, 0.25) is 0 Å². The highest BCUT2D eigenvalue weighted by molar-refractivity contribution is 5.88. The molecule has 29 heavy (non-hydrogen) atoms. The van der Waals surface area contributed by atoms with Gasteiger partial charge in [0.1, 0.15) is 12.1 Å². The maximum absolute atomic E-state index is 12.8. The van der Waals surface area contributed by atoms with Gasteiger partial charge in [0.15, 0.2) is 0 Å². The average Bonchev–Trinajstić information content (AvgIpc) is 3.21. The highest BCUT2D eigenvalue weighted by Gasteiger charge is 2.37. The number of hydrogen-bond acceptors (Lipinski definition) is 5. The number of aryl methyl sites for hydroxylation is 1. The minimum atomic E-state index is -0.984. The minimum absolute atomic E-state index is 0.291. The lowest BCUT2D eigenvalue weighted by Crippen LogP contribution is -2.53. The second-order valence-electron chi connectivity index (χ2n) is 7.51. The van der Waals surface area contributed by atoms with Crippen LogP contribution in [0.15, 0.2) is 30.3 Å². The first kappa shape index (κ1) is 22.9. The zero-order valence-corrected chi connectivity index (χ0v) is 17.3. The molecule has 0 aliphatic carbocycles. The van der Waals surface area contributed by atoms with E-state index in [1.807, 2.05) is 37.3 Å². The molecule has 1 saturated heterocycles.